The van der Waals surface area contributed by atoms with Crippen LogP contribution in [0.5, 0.6) is 0 Å². The maximum atomic E-state index is 14.7. The summed E-state index contributed by atoms with van der Waals surface area (Å²) in [5, 5.41) is 10.9. The van der Waals surface area contributed by atoms with Crippen LogP contribution in [0.15, 0.2) is 11.6 Å². The highest BCUT2D eigenvalue weighted by Crippen LogP contribution is 2.74. The molecule has 4 fully saturated rings. The second-order valence-corrected chi connectivity index (χ2v) is 15.7. The number of nitrogens with two attached hydrogens (primary N) is 1. The molecule has 3 N–H and O–H groups in total. The Morgan fingerprint density at radius 2 is 1.81 bits per heavy atom. The average molecular weight is 588 g/mol. The van der Waals surface area contributed by atoms with Gasteiger partial charge in [0.15, 0.2) is 5.78 Å². The van der Waals surface area contributed by atoms with Crippen LogP contribution in [0.2, 0.25) is 0 Å². The molecular weight excluding hydrogens is 534 g/mol. The fraction of sp³-hybridized carbons (Fsp3) is 0.853. The normalized spacial score (nSPS) is 47.0. The Morgan fingerprint density at radius 1 is 1.12 bits per heavy atom. The third-order valence-corrected chi connectivity index (χ3v) is 13.7. The quantitative estimate of drug-likeness (QED) is 0.398. The number of ether oxygens (including phenoxy) is 3. The van der Waals surface area contributed by atoms with E-state index in [4.69, 9.17) is 19.9 Å². The largest absolute Gasteiger partial charge is 0.481 e. The van der Waals surface area contributed by atoms with Gasteiger partial charge in [-0.15, -0.1) is 0 Å². The highest BCUT2D eigenvalue weighted by molar-refractivity contribution is 6.00. The van der Waals surface area contributed by atoms with E-state index in [9.17, 15) is 19.5 Å². The monoisotopic (exact) mass is 587 g/mol. The molecule has 1 saturated heterocycles. The summed E-state index contributed by atoms with van der Waals surface area (Å²) in [6.45, 7) is 18.0. The maximum absolute atomic E-state index is 14.7. The molecule has 2 bridgehead atoms. The Labute approximate surface area is 251 Å². The molecule has 42 heavy (non-hydrogen) atoms. The molecule has 236 valence electrons. The topological polar surface area (TPSA) is 125 Å². The van der Waals surface area contributed by atoms with E-state index in [1.165, 1.54) is 6.92 Å². The first-order valence-electron chi connectivity index (χ1n) is 16.1. The number of carbonyl (C=O) groups excluding carboxylic acids is 2. The molecule has 5 rings (SSSR count). The molecule has 0 spiro atoms. The van der Waals surface area contributed by atoms with E-state index in [0.29, 0.717) is 38.7 Å². The third-order valence-electron chi connectivity index (χ3n) is 13.7. The molecule has 1 heterocycles. The minimum Gasteiger partial charge on any atom is -0.481 e. The van der Waals surface area contributed by atoms with Crippen LogP contribution in [0.1, 0.15) is 87.5 Å². The Bertz CT molecular complexity index is 1170. The molecule has 4 aliphatic carbocycles. The van der Waals surface area contributed by atoms with E-state index in [0.717, 1.165) is 31.3 Å². The molecule has 8 nitrogen and oxygen atoms in total. The first kappa shape index (κ1) is 31.6. The van der Waals surface area contributed by atoms with E-state index in [1.807, 2.05) is 13.0 Å². The van der Waals surface area contributed by atoms with Gasteiger partial charge >= 0.3 is 11.9 Å². The number of allylic oxidation sites excluding steroid dienone is 1. The molecule has 5 aliphatic rings. The number of aliphatic carboxylic acids is 1. The van der Waals surface area contributed by atoms with Gasteiger partial charge in [-0.3, -0.25) is 14.4 Å². The van der Waals surface area contributed by atoms with E-state index >= 15 is 0 Å². The van der Waals surface area contributed by atoms with Crippen LogP contribution in [-0.4, -0.2) is 61.4 Å². The van der Waals surface area contributed by atoms with Gasteiger partial charge in [0.05, 0.1) is 25.7 Å². The second kappa shape index (κ2) is 10.4. The molecule has 3 saturated carbocycles. The summed E-state index contributed by atoms with van der Waals surface area (Å²) >= 11 is 0. The lowest BCUT2D eigenvalue weighted by molar-refractivity contribution is -0.265. The highest BCUT2D eigenvalue weighted by atomic mass is 16.6. The van der Waals surface area contributed by atoms with Crippen molar-refractivity contribution in [3.8, 4) is 0 Å². The molecule has 1 aliphatic heterocycles. The minimum atomic E-state index is -1.04. The first-order chi connectivity index (χ1) is 19.5. The molecule has 8 heteroatoms. The van der Waals surface area contributed by atoms with Crippen LogP contribution >= 0.6 is 0 Å². The van der Waals surface area contributed by atoms with Crippen molar-refractivity contribution in [3.05, 3.63) is 11.6 Å². The van der Waals surface area contributed by atoms with Crippen LogP contribution in [0.3, 0.4) is 0 Å². The smallest absolute Gasteiger partial charge is 0.308 e. The van der Waals surface area contributed by atoms with E-state index in [1.54, 1.807) is 0 Å². The number of fused-ring (bicyclic) bond motifs is 3. The van der Waals surface area contributed by atoms with Crippen molar-refractivity contribution in [3.63, 3.8) is 0 Å². The number of carboxylic acids is 1. The predicted octanol–water partition coefficient (Wildman–Crippen LogP) is 5.03. The molecule has 0 aromatic rings. The molecule has 0 aromatic heterocycles. The number of carbonyl (C=O) groups is 3. The van der Waals surface area contributed by atoms with Gasteiger partial charge in [-0.2, -0.15) is 0 Å². The van der Waals surface area contributed by atoms with E-state index < -0.39 is 45.1 Å². The Kier molecular flexibility index (Phi) is 7.84. The van der Waals surface area contributed by atoms with Crippen molar-refractivity contribution in [2.45, 2.75) is 99.7 Å². The average Bonchev–Trinajstić information content (AvgIpc) is 2.89. The number of hydrogen-bond acceptors (Lipinski definition) is 7. The van der Waals surface area contributed by atoms with Crippen LogP contribution in [0.4, 0.5) is 0 Å². The third kappa shape index (κ3) is 4.06. The SMILES string of the molecule is CC(=O)O[C@@H]1C[C@]23COC[C@](C)(C2CCC2C3=CC(=O)[C@@]3(C)[C@H](C(=O)O)[C@@](C)([C@H](C)C(C)C)CC[C@]23C)[C@H]1OCCN. The summed E-state index contributed by atoms with van der Waals surface area (Å²) in [6, 6.07) is 0. The van der Waals surface area contributed by atoms with Crippen molar-refractivity contribution in [1.82, 2.24) is 0 Å². The van der Waals surface area contributed by atoms with Crippen LogP contribution in [0, 0.1) is 56.7 Å². The van der Waals surface area contributed by atoms with E-state index in [2.05, 4.69) is 41.5 Å². The van der Waals surface area contributed by atoms with Crippen molar-refractivity contribution in [2.24, 2.45) is 62.4 Å². The van der Waals surface area contributed by atoms with Crippen LogP contribution < -0.4 is 5.73 Å². The Morgan fingerprint density at radius 3 is 2.40 bits per heavy atom. The molecule has 0 aromatic carbocycles. The van der Waals surface area contributed by atoms with Crippen molar-refractivity contribution in [1.29, 1.82) is 0 Å². The van der Waals surface area contributed by atoms with Gasteiger partial charge in [-0.05, 0) is 72.7 Å². The number of carboxylic acid groups (broad SMARTS) is 1. The number of ketones is 1. The molecule has 0 radical (unpaired) electrons. The zero-order chi connectivity index (χ0) is 31.0. The van der Waals surface area contributed by atoms with Gasteiger partial charge in [-0.1, -0.05) is 54.0 Å². The zero-order valence-electron chi connectivity index (χ0n) is 27.0. The van der Waals surface area contributed by atoms with Gasteiger partial charge in [0.2, 0.25) is 0 Å². The highest BCUT2D eigenvalue weighted by Gasteiger charge is 2.74. The number of hydrogen-bond donors (Lipinski definition) is 2. The fourth-order valence-electron chi connectivity index (χ4n) is 11.2. The van der Waals surface area contributed by atoms with Gasteiger partial charge in [-0.25, -0.2) is 0 Å². The number of esters is 1. The molecule has 0 amide bonds. The van der Waals surface area contributed by atoms with E-state index in [-0.39, 0.29) is 35.6 Å². The maximum Gasteiger partial charge on any atom is 0.308 e. The molecule has 11 atom stereocenters. The summed E-state index contributed by atoms with van der Waals surface area (Å²) in [6.07, 6.45) is 4.89. The Balaban J connectivity index is 1.65. The zero-order valence-corrected chi connectivity index (χ0v) is 27.0. The second-order valence-electron chi connectivity index (χ2n) is 15.7. The molecule has 2 unspecified atom stereocenters. The number of rotatable bonds is 7. The lowest BCUT2D eigenvalue weighted by Gasteiger charge is -2.70. The first-order valence-corrected chi connectivity index (χ1v) is 16.1. The van der Waals surface area contributed by atoms with Gasteiger partial charge in [0, 0.05) is 29.7 Å². The van der Waals surface area contributed by atoms with Crippen LogP contribution in [-0.2, 0) is 28.6 Å². The predicted molar refractivity (Wildman–Crippen MR) is 158 cm³/mol. The summed E-state index contributed by atoms with van der Waals surface area (Å²) in [4.78, 5) is 40.3. The van der Waals surface area contributed by atoms with Crippen molar-refractivity contribution >= 4 is 17.7 Å². The van der Waals surface area contributed by atoms with Crippen molar-refractivity contribution < 1.29 is 33.7 Å². The summed E-state index contributed by atoms with van der Waals surface area (Å²) < 4.78 is 18.7. The van der Waals surface area contributed by atoms with Crippen LogP contribution in [0.25, 0.3) is 0 Å². The molecular formula is C34H53NO7. The summed E-state index contributed by atoms with van der Waals surface area (Å²) in [5.41, 5.74) is 3.94. The fourth-order valence-corrected chi connectivity index (χ4v) is 11.2. The van der Waals surface area contributed by atoms with Crippen molar-refractivity contribution in [2.75, 3.05) is 26.4 Å². The Hall–Kier alpha value is -1.77. The van der Waals surface area contributed by atoms with Gasteiger partial charge in [0.1, 0.15) is 12.2 Å². The van der Waals surface area contributed by atoms with Gasteiger partial charge < -0.3 is 25.1 Å². The summed E-state index contributed by atoms with van der Waals surface area (Å²) in [7, 11) is 0. The lowest BCUT2D eigenvalue weighted by atomic mass is 9.34. The summed E-state index contributed by atoms with van der Waals surface area (Å²) in [5.74, 6) is -1.40. The minimum absolute atomic E-state index is 0.0441. The van der Waals surface area contributed by atoms with Gasteiger partial charge in [0.25, 0.3) is 0 Å². The lowest BCUT2D eigenvalue weighted by Crippen LogP contribution is -2.71. The standard InChI is InChI=1S/C34H53NO7/c1-19(2)20(3)30(5)11-12-32(7)22-9-10-25-31(6)17-40-18-34(25,16-24(42-21(4)36)28(31)41-14-13-35)23(22)15-26(37)33(32,8)27(30)29(38)39/h15,19-20,22,24-25,27-28H,9-14,16-18,35H2,1-8H3,(H,38,39)/t20-,22?,24-,25?,27-,28+,30-,31-,32-,33+,34-/m1/s1.